The minimum Gasteiger partial charge on any atom is -0.338 e. The van der Waals surface area contributed by atoms with Gasteiger partial charge in [-0.25, -0.2) is 8.42 Å². The van der Waals surface area contributed by atoms with Gasteiger partial charge >= 0.3 is 0 Å². The van der Waals surface area contributed by atoms with Crippen LogP contribution in [-0.2, 0) is 14.6 Å². The Kier molecular flexibility index (Phi) is 4.77. The average molecular weight is 308 g/mol. The maximum absolute atomic E-state index is 11.8. The number of hydrogen-bond acceptors (Lipinski definition) is 4. The molecule has 0 fully saturated rings. The van der Waals surface area contributed by atoms with Crippen molar-refractivity contribution in [1.82, 2.24) is 9.88 Å². The first-order valence-corrected chi connectivity index (χ1v) is 8.79. The first kappa shape index (κ1) is 15.7. The standard InChI is InChI=1S/C15H20N2O3S/c1-3-15(18)17-9-5-6-12(11-17)14-8-7-13(10-16-14)21(19,20)4-2/h6-8,10H,3-5,9,11H2,1-2H3. The summed E-state index contributed by atoms with van der Waals surface area (Å²) in [5, 5.41) is 0. The molecule has 1 amide bonds. The van der Waals surface area contributed by atoms with E-state index in [2.05, 4.69) is 11.1 Å². The van der Waals surface area contributed by atoms with E-state index >= 15 is 0 Å². The molecule has 0 N–H and O–H groups in total. The number of sulfone groups is 1. The molecule has 0 saturated carbocycles. The summed E-state index contributed by atoms with van der Waals surface area (Å²) in [4.78, 5) is 18.1. The highest BCUT2D eigenvalue weighted by atomic mass is 32.2. The highest BCUT2D eigenvalue weighted by Gasteiger charge is 2.19. The second-order valence-electron chi connectivity index (χ2n) is 4.97. The minimum atomic E-state index is -3.22. The van der Waals surface area contributed by atoms with Gasteiger partial charge in [-0.15, -0.1) is 0 Å². The van der Waals surface area contributed by atoms with Crippen LogP contribution in [0.1, 0.15) is 32.4 Å². The number of rotatable bonds is 4. The molecule has 0 bridgehead atoms. The van der Waals surface area contributed by atoms with Crippen LogP contribution in [0, 0.1) is 0 Å². The third-order valence-electron chi connectivity index (χ3n) is 3.61. The van der Waals surface area contributed by atoms with E-state index in [4.69, 9.17) is 0 Å². The van der Waals surface area contributed by atoms with Gasteiger partial charge < -0.3 is 4.90 Å². The Bertz CT molecular complexity index is 648. The number of nitrogens with zero attached hydrogens (tertiary/aromatic N) is 2. The molecule has 0 saturated heterocycles. The summed E-state index contributed by atoms with van der Waals surface area (Å²) in [5.41, 5.74) is 1.71. The SMILES string of the molecule is CCC(=O)N1CCC=C(c2ccc(S(=O)(=O)CC)cn2)C1. The van der Waals surface area contributed by atoms with Crippen LogP contribution < -0.4 is 0 Å². The van der Waals surface area contributed by atoms with Gasteiger partial charge in [0.1, 0.15) is 0 Å². The molecule has 0 spiro atoms. The van der Waals surface area contributed by atoms with E-state index in [1.807, 2.05) is 11.8 Å². The minimum absolute atomic E-state index is 0.0650. The van der Waals surface area contributed by atoms with Crippen LogP contribution in [0.25, 0.3) is 5.57 Å². The predicted octanol–water partition coefficient (Wildman–Crippen LogP) is 1.90. The average Bonchev–Trinajstić information content (AvgIpc) is 2.54. The second-order valence-corrected chi connectivity index (χ2v) is 7.25. The van der Waals surface area contributed by atoms with Crippen LogP contribution in [-0.4, -0.2) is 43.1 Å². The summed E-state index contributed by atoms with van der Waals surface area (Å²) >= 11 is 0. The van der Waals surface area contributed by atoms with E-state index in [9.17, 15) is 13.2 Å². The van der Waals surface area contributed by atoms with Crippen LogP contribution in [0.2, 0.25) is 0 Å². The van der Waals surface area contributed by atoms with Gasteiger partial charge in [-0.1, -0.05) is 19.9 Å². The van der Waals surface area contributed by atoms with Gasteiger partial charge in [-0.3, -0.25) is 9.78 Å². The van der Waals surface area contributed by atoms with E-state index in [1.165, 1.54) is 6.20 Å². The fourth-order valence-corrected chi connectivity index (χ4v) is 3.11. The van der Waals surface area contributed by atoms with Crippen molar-refractivity contribution in [3.8, 4) is 0 Å². The Hall–Kier alpha value is -1.69. The Labute approximate surface area is 125 Å². The molecular weight excluding hydrogens is 288 g/mol. The van der Waals surface area contributed by atoms with Gasteiger partial charge in [0, 0.05) is 25.7 Å². The normalized spacial score (nSPS) is 15.7. The topological polar surface area (TPSA) is 67.3 Å². The van der Waals surface area contributed by atoms with Crippen molar-refractivity contribution in [3.63, 3.8) is 0 Å². The second kappa shape index (κ2) is 6.39. The molecular formula is C15H20N2O3S. The van der Waals surface area contributed by atoms with Gasteiger partial charge in [0.15, 0.2) is 9.84 Å². The van der Waals surface area contributed by atoms with Crippen molar-refractivity contribution in [2.24, 2.45) is 0 Å². The molecule has 0 radical (unpaired) electrons. The highest BCUT2D eigenvalue weighted by Crippen LogP contribution is 2.21. The fourth-order valence-electron chi connectivity index (χ4n) is 2.29. The Balaban J connectivity index is 2.20. The monoisotopic (exact) mass is 308 g/mol. The van der Waals surface area contributed by atoms with Crippen LogP contribution in [0.15, 0.2) is 29.3 Å². The lowest BCUT2D eigenvalue weighted by Crippen LogP contribution is -2.35. The Morgan fingerprint density at radius 1 is 1.33 bits per heavy atom. The molecule has 1 aromatic rings. The third kappa shape index (κ3) is 3.50. The Morgan fingerprint density at radius 2 is 2.10 bits per heavy atom. The molecule has 1 aromatic heterocycles. The smallest absolute Gasteiger partial charge is 0.222 e. The summed E-state index contributed by atoms with van der Waals surface area (Å²) in [6.07, 6.45) is 4.76. The maximum atomic E-state index is 11.8. The van der Waals surface area contributed by atoms with E-state index in [-0.39, 0.29) is 16.6 Å². The van der Waals surface area contributed by atoms with E-state index < -0.39 is 9.84 Å². The molecule has 0 atom stereocenters. The Morgan fingerprint density at radius 3 is 2.67 bits per heavy atom. The van der Waals surface area contributed by atoms with Gasteiger partial charge in [-0.2, -0.15) is 0 Å². The van der Waals surface area contributed by atoms with Gasteiger partial charge in [-0.05, 0) is 24.1 Å². The molecule has 6 heteroatoms. The van der Waals surface area contributed by atoms with Crippen molar-refractivity contribution >= 4 is 21.3 Å². The van der Waals surface area contributed by atoms with Gasteiger partial charge in [0.2, 0.25) is 5.91 Å². The molecule has 1 aliphatic rings. The molecule has 21 heavy (non-hydrogen) atoms. The fraction of sp³-hybridized carbons (Fsp3) is 0.467. The first-order chi connectivity index (χ1) is 9.97. The van der Waals surface area contributed by atoms with Crippen molar-refractivity contribution in [2.75, 3.05) is 18.8 Å². The van der Waals surface area contributed by atoms with Crippen LogP contribution in [0.5, 0.6) is 0 Å². The van der Waals surface area contributed by atoms with Gasteiger partial charge in [0.25, 0.3) is 0 Å². The van der Waals surface area contributed by atoms with E-state index in [0.717, 1.165) is 24.2 Å². The van der Waals surface area contributed by atoms with Crippen LogP contribution in [0.3, 0.4) is 0 Å². The lowest BCUT2D eigenvalue weighted by Gasteiger charge is -2.27. The predicted molar refractivity (Wildman–Crippen MR) is 81.4 cm³/mol. The van der Waals surface area contributed by atoms with E-state index in [1.54, 1.807) is 19.1 Å². The number of carbonyl (C=O) groups excluding carboxylic acids is 1. The summed E-state index contributed by atoms with van der Waals surface area (Å²) in [6, 6.07) is 3.30. The van der Waals surface area contributed by atoms with Crippen molar-refractivity contribution in [3.05, 3.63) is 30.1 Å². The van der Waals surface area contributed by atoms with Crippen molar-refractivity contribution in [2.45, 2.75) is 31.6 Å². The number of aromatic nitrogens is 1. The van der Waals surface area contributed by atoms with E-state index in [0.29, 0.717) is 13.0 Å². The summed E-state index contributed by atoms with van der Waals surface area (Å²) in [7, 11) is -3.22. The summed E-state index contributed by atoms with van der Waals surface area (Å²) < 4.78 is 23.5. The zero-order valence-electron chi connectivity index (χ0n) is 12.4. The summed E-state index contributed by atoms with van der Waals surface area (Å²) in [6.45, 7) is 4.74. The highest BCUT2D eigenvalue weighted by molar-refractivity contribution is 7.91. The number of hydrogen-bond donors (Lipinski definition) is 0. The number of amides is 1. The number of carbonyl (C=O) groups is 1. The molecule has 1 aliphatic heterocycles. The molecule has 114 valence electrons. The van der Waals surface area contributed by atoms with Gasteiger partial charge in [0.05, 0.1) is 16.3 Å². The molecule has 2 heterocycles. The zero-order valence-corrected chi connectivity index (χ0v) is 13.2. The molecule has 0 unspecified atom stereocenters. The molecule has 0 aromatic carbocycles. The largest absolute Gasteiger partial charge is 0.338 e. The quantitative estimate of drug-likeness (QED) is 0.852. The van der Waals surface area contributed by atoms with Crippen LogP contribution in [0.4, 0.5) is 0 Å². The maximum Gasteiger partial charge on any atom is 0.222 e. The lowest BCUT2D eigenvalue weighted by atomic mass is 10.1. The van der Waals surface area contributed by atoms with Crippen LogP contribution >= 0.6 is 0 Å². The third-order valence-corrected chi connectivity index (χ3v) is 5.33. The molecule has 0 aliphatic carbocycles. The van der Waals surface area contributed by atoms with Crippen molar-refractivity contribution in [1.29, 1.82) is 0 Å². The van der Waals surface area contributed by atoms with Crippen molar-refractivity contribution < 1.29 is 13.2 Å². The molecule has 2 rings (SSSR count). The number of pyridine rings is 1. The first-order valence-electron chi connectivity index (χ1n) is 7.14. The lowest BCUT2D eigenvalue weighted by molar-refractivity contribution is -0.130. The zero-order chi connectivity index (χ0) is 15.5. The summed E-state index contributed by atoms with van der Waals surface area (Å²) in [5.74, 6) is 0.195. The molecule has 5 nitrogen and oxygen atoms in total.